The normalized spacial score (nSPS) is 12.0. The van der Waals surface area contributed by atoms with Crippen LogP contribution in [0.5, 0.6) is 0 Å². The van der Waals surface area contributed by atoms with Crippen molar-refractivity contribution in [3.8, 4) is 0 Å². The Hall–Kier alpha value is -3.44. The van der Waals surface area contributed by atoms with Gasteiger partial charge in [0.2, 0.25) is 0 Å². The summed E-state index contributed by atoms with van der Waals surface area (Å²) in [6, 6.07) is 17.1. The number of hydrogen-bond acceptors (Lipinski definition) is 3. The Kier molecular flexibility index (Phi) is 5.73. The predicted molar refractivity (Wildman–Crippen MR) is 138 cm³/mol. The second-order valence-corrected chi connectivity index (χ2v) is 8.83. The third-order valence-electron chi connectivity index (χ3n) is 6.51. The van der Waals surface area contributed by atoms with Gasteiger partial charge in [-0.15, -0.1) is 0 Å². The summed E-state index contributed by atoms with van der Waals surface area (Å²) in [5.41, 5.74) is 4.03. The molecule has 5 nitrogen and oxygen atoms in total. The molecule has 2 aromatic heterocycles. The molecule has 0 amide bonds. The lowest BCUT2D eigenvalue weighted by molar-refractivity contribution is 0.278. The fraction of sp³-hybridized carbons (Fsp3) is 0.286. The van der Waals surface area contributed by atoms with E-state index in [1.54, 1.807) is 0 Å². The Morgan fingerprint density at radius 3 is 2.03 bits per heavy atom. The number of rotatable bonds is 7. The van der Waals surface area contributed by atoms with E-state index in [-0.39, 0.29) is 10.9 Å². The van der Waals surface area contributed by atoms with Crippen LogP contribution in [-0.2, 0) is 6.42 Å². The van der Waals surface area contributed by atoms with Crippen LogP contribution in [0.25, 0.3) is 43.6 Å². The lowest BCUT2D eigenvalue weighted by Gasteiger charge is -2.21. The minimum atomic E-state index is -0.0251. The third kappa shape index (κ3) is 3.83. The van der Waals surface area contributed by atoms with Crippen LogP contribution in [0.2, 0.25) is 0 Å². The lowest BCUT2D eigenvalue weighted by atomic mass is 10.0. The van der Waals surface area contributed by atoms with E-state index in [0.29, 0.717) is 27.2 Å². The molecular formula is C28H29N3O2. The number of aromatic amines is 2. The van der Waals surface area contributed by atoms with E-state index in [2.05, 4.69) is 34.8 Å². The molecule has 0 aliphatic rings. The standard InChI is InChI=1S/C28H29N3O2/c1-3-13-31(14-4-2)15-12-18-8-7-11-23-26(18)28(33)21-17-24-20(16-25(21)30-23)27(32)19-9-5-6-10-22(19)29-24/h5-11,16-17H,3-4,12-15H2,1-2H3,(H,29,32)(H,30,33). The van der Waals surface area contributed by atoms with E-state index in [0.717, 1.165) is 60.9 Å². The van der Waals surface area contributed by atoms with Gasteiger partial charge in [-0.05, 0) is 68.2 Å². The van der Waals surface area contributed by atoms with E-state index in [1.165, 1.54) is 0 Å². The molecule has 0 aliphatic carbocycles. The van der Waals surface area contributed by atoms with Crippen LogP contribution in [-0.4, -0.2) is 34.5 Å². The van der Waals surface area contributed by atoms with Crippen LogP contribution in [0.1, 0.15) is 32.3 Å². The monoisotopic (exact) mass is 439 g/mol. The number of hydrogen-bond donors (Lipinski definition) is 2. The summed E-state index contributed by atoms with van der Waals surface area (Å²) in [4.78, 5) is 36.0. The van der Waals surface area contributed by atoms with Gasteiger partial charge in [0, 0.05) is 33.6 Å². The Morgan fingerprint density at radius 2 is 1.30 bits per heavy atom. The van der Waals surface area contributed by atoms with Crippen LogP contribution in [0.4, 0.5) is 0 Å². The van der Waals surface area contributed by atoms with Crippen LogP contribution in [0.3, 0.4) is 0 Å². The van der Waals surface area contributed by atoms with Crippen molar-refractivity contribution in [2.45, 2.75) is 33.1 Å². The molecule has 0 fully saturated rings. The van der Waals surface area contributed by atoms with E-state index in [4.69, 9.17) is 0 Å². The molecule has 3 aromatic carbocycles. The number of benzene rings is 3. The largest absolute Gasteiger partial charge is 0.354 e. The van der Waals surface area contributed by atoms with E-state index in [9.17, 15) is 9.59 Å². The topological polar surface area (TPSA) is 69.0 Å². The molecule has 2 N–H and O–H groups in total. The predicted octanol–water partition coefficient (Wildman–Crippen LogP) is 5.34. The highest BCUT2D eigenvalue weighted by atomic mass is 16.1. The maximum atomic E-state index is 13.7. The average molecular weight is 440 g/mol. The quantitative estimate of drug-likeness (QED) is 0.336. The molecule has 0 atom stereocenters. The van der Waals surface area contributed by atoms with Crippen molar-refractivity contribution >= 4 is 43.6 Å². The molecule has 2 heterocycles. The molecule has 5 heteroatoms. The zero-order chi connectivity index (χ0) is 22.9. The van der Waals surface area contributed by atoms with Crippen molar-refractivity contribution in [1.82, 2.24) is 14.9 Å². The second kappa shape index (κ2) is 8.83. The van der Waals surface area contributed by atoms with Crippen LogP contribution in [0.15, 0.2) is 64.2 Å². The Balaban J connectivity index is 1.68. The van der Waals surface area contributed by atoms with Crippen molar-refractivity contribution in [3.63, 3.8) is 0 Å². The molecule has 0 spiro atoms. The highest BCUT2D eigenvalue weighted by Crippen LogP contribution is 2.23. The van der Waals surface area contributed by atoms with Crippen molar-refractivity contribution in [2.75, 3.05) is 19.6 Å². The summed E-state index contributed by atoms with van der Waals surface area (Å²) >= 11 is 0. The summed E-state index contributed by atoms with van der Waals surface area (Å²) in [6.45, 7) is 7.50. The first-order valence-corrected chi connectivity index (χ1v) is 11.9. The van der Waals surface area contributed by atoms with Gasteiger partial charge in [0.25, 0.3) is 0 Å². The van der Waals surface area contributed by atoms with Crippen molar-refractivity contribution < 1.29 is 0 Å². The minimum absolute atomic E-state index is 0.0165. The average Bonchev–Trinajstić information content (AvgIpc) is 2.82. The highest BCUT2D eigenvalue weighted by Gasteiger charge is 2.14. The SMILES string of the molecule is CCCN(CCC)CCc1cccc2[nH]c3cc4c(=O)c5ccccc5[nH]c4cc3c(=O)c12. The fourth-order valence-electron chi connectivity index (χ4n) is 4.97. The number of pyridine rings is 2. The molecule has 5 rings (SSSR count). The summed E-state index contributed by atoms with van der Waals surface area (Å²) in [6.07, 6.45) is 3.09. The van der Waals surface area contributed by atoms with Crippen molar-refractivity contribution in [2.24, 2.45) is 0 Å². The number of para-hydroxylation sites is 1. The maximum absolute atomic E-state index is 13.7. The summed E-state index contributed by atoms with van der Waals surface area (Å²) in [7, 11) is 0. The molecule has 0 radical (unpaired) electrons. The van der Waals surface area contributed by atoms with Gasteiger partial charge in [-0.25, -0.2) is 0 Å². The van der Waals surface area contributed by atoms with E-state index >= 15 is 0 Å². The number of fused-ring (bicyclic) bond motifs is 4. The smallest absolute Gasteiger partial charge is 0.197 e. The number of nitrogens with zero attached hydrogens (tertiary/aromatic N) is 1. The molecule has 168 valence electrons. The first-order valence-electron chi connectivity index (χ1n) is 11.9. The first-order chi connectivity index (χ1) is 16.1. The summed E-state index contributed by atoms with van der Waals surface area (Å²) in [5.74, 6) is 0. The van der Waals surface area contributed by atoms with Gasteiger partial charge in [-0.3, -0.25) is 9.59 Å². The second-order valence-electron chi connectivity index (χ2n) is 8.83. The van der Waals surface area contributed by atoms with Gasteiger partial charge in [-0.1, -0.05) is 38.1 Å². The molecule has 0 aliphatic heterocycles. The van der Waals surface area contributed by atoms with Gasteiger partial charge in [0.15, 0.2) is 10.9 Å². The van der Waals surface area contributed by atoms with Crippen molar-refractivity contribution in [1.29, 1.82) is 0 Å². The van der Waals surface area contributed by atoms with Crippen LogP contribution < -0.4 is 10.9 Å². The molecule has 0 saturated heterocycles. The Morgan fingerprint density at radius 1 is 0.667 bits per heavy atom. The van der Waals surface area contributed by atoms with Gasteiger partial charge in [0.1, 0.15) is 0 Å². The summed E-state index contributed by atoms with van der Waals surface area (Å²) in [5, 5.41) is 2.59. The molecule has 0 unspecified atom stereocenters. The van der Waals surface area contributed by atoms with Gasteiger partial charge in [0.05, 0.1) is 16.6 Å². The number of aromatic nitrogens is 2. The molecular weight excluding hydrogens is 410 g/mol. The van der Waals surface area contributed by atoms with Gasteiger partial charge >= 0.3 is 0 Å². The third-order valence-corrected chi connectivity index (χ3v) is 6.51. The zero-order valence-corrected chi connectivity index (χ0v) is 19.2. The maximum Gasteiger partial charge on any atom is 0.197 e. The van der Waals surface area contributed by atoms with Crippen molar-refractivity contribution in [3.05, 3.63) is 80.6 Å². The molecule has 33 heavy (non-hydrogen) atoms. The van der Waals surface area contributed by atoms with E-state index < -0.39 is 0 Å². The van der Waals surface area contributed by atoms with Crippen LogP contribution >= 0.6 is 0 Å². The van der Waals surface area contributed by atoms with Gasteiger partial charge < -0.3 is 14.9 Å². The van der Waals surface area contributed by atoms with Gasteiger partial charge in [-0.2, -0.15) is 0 Å². The Bertz CT molecular complexity index is 1590. The van der Waals surface area contributed by atoms with E-state index in [1.807, 2.05) is 48.5 Å². The number of nitrogens with one attached hydrogen (secondary N) is 2. The Labute approximate surface area is 192 Å². The highest BCUT2D eigenvalue weighted by molar-refractivity contribution is 6.03. The first kappa shape index (κ1) is 21.4. The number of H-pyrrole nitrogens is 2. The molecule has 0 bridgehead atoms. The minimum Gasteiger partial charge on any atom is -0.354 e. The fourth-order valence-corrected chi connectivity index (χ4v) is 4.97. The van der Waals surface area contributed by atoms with Crippen LogP contribution in [0, 0.1) is 0 Å². The lowest BCUT2D eigenvalue weighted by Crippen LogP contribution is -2.28. The molecule has 5 aromatic rings. The molecule has 0 saturated carbocycles. The zero-order valence-electron chi connectivity index (χ0n) is 19.2. The summed E-state index contributed by atoms with van der Waals surface area (Å²) < 4.78 is 0.